The number of thiophene rings is 1. The van der Waals surface area contributed by atoms with Crippen LogP contribution in [0.2, 0.25) is 0 Å². The third-order valence-corrected chi connectivity index (χ3v) is 2.38. The van der Waals surface area contributed by atoms with Crippen molar-refractivity contribution in [2.45, 2.75) is 6.92 Å². The minimum Gasteiger partial charge on any atom is -0.207 e. The highest BCUT2D eigenvalue weighted by Crippen LogP contribution is 2.18. The van der Waals surface area contributed by atoms with Gasteiger partial charge in [-0.25, -0.2) is 4.39 Å². The van der Waals surface area contributed by atoms with E-state index in [1.54, 1.807) is 23.5 Å². The van der Waals surface area contributed by atoms with E-state index in [9.17, 15) is 4.39 Å². The Hall–Kier alpha value is -1.15. The van der Waals surface area contributed by atoms with Gasteiger partial charge in [-0.3, -0.25) is 0 Å². The normalized spacial score (nSPS) is 12.3. The lowest BCUT2D eigenvalue weighted by Gasteiger charge is -1.85. The number of halogens is 1. The van der Waals surface area contributed by atoms with Crippen molar-refractivity contribution < 1.29 is 4.39 Å². The van der Waals surface area contributed by atoms with Gasteiger partial charge in [-0.2, -0.15) is 0 Å². The Kier molecular flexibility index (Phi) is 3.65. The quantitative estimate of drug-likeness (QED) is 0.635. The average Bonchev–Trinajstić information content (AvgIpc) is 2.48. The molecule has 0 radical (unpaired) electrons. The van der Waals surface area contributed by atoms with E-state index in [0.29, 0.717) is 0 Å². The van der Waals surface area contributed by atoms with Gasteiger partial charge in [0.25, 0.3) is 0 Å². The van der Waals surface area contributed by atoms with E-state index >= 15 is 0 Å². The van der Waals surface area contributed by atoms with Crippen LogP contribution in [0.1, 0.15) is 9.75 Å². The van der Waals surface area contributed by atoms with Crippen molar-refractivity contribution in [3.63, 3.8) is 0 Å². The van der Waals surface area contributed by atoms with E-state index in [4.69, 9.17) is 0 Å². The molecule has 2 heteroatoms. The highest BCUT2D eigenvalue weighted by atomic mass is 32.1. The van der Waals surface area contributed by atoms with Crippen LogP contribution in [-0.4, -0.2) is 0 Å². The summed E-state index contributed by atoms with van der Waals surface area (Å²) >= 11 is 1.57. The van der Waals surface area contributed by atoms with Crippen LogP contribution < -0.4 is 0 Å². The molecule has 0 aromatic carbocycles. The maximum atomic E-state index is 13.0. The summed E-state index contributed by atoms with van der Waals surface area (Å²) in [5.41, 5.74) is 0. The first-order valence-electron chi connectivity index (χ1n) is 3.95. The van der Waals surface area contributed by atoms with Crippen molar-refractivity contribution in [1.82, 2.24) is 0 Å². The van der Waals surface area contributed by atoms with Gasteiger partial charge in [0.15, 0.2) is 0 Å². The zero-order valence-electron chi connectivity index (χ0n) is 7.46. The third-order valence-electron chi connectivity index (χ3n) is 1.43. The Balaban J connectivity index is 2.75. The molecular weight excluding hydrogens is 183 g/mol. The van der Waals surface area contributed by atoms with Gasteiger partial charge in [0.05, 0.1) is 0 Å². The Bertz CT molecular complexity index is 345. The second-order valence-electron chi connectivity index (χ2n) is 2.57. The minimum absolute atomic E-state index is 0.248. The van der Waals surface area contributed by atoms with Gasteiger partial charge in [0, 0.05) is 9.75 Å². The van der Waals surface area contributed by atoms with Crippen LogP contribution in [-0.2, 0) is 0 Å². The monoisotopic (exact) mass is 194 g/mol. The maximum Gasteiger partial charge on any atom is 0.124 e. The van der Waals surface area contributed by atoms with Crippen LogP contribution in [0.15, 0.2) is 42.8 Å². The minimum atomic E-state index is -0.248. The lowest BCUT2D eigenvalue weighted by molar-refractivity contribution is 0.674. The van der Waals surface area contributed by atoms with Crippen molar-refractivity contribution >= 4 is 17.4 Å². The first-order chi connectivity index (χ1) is 6.22. The van der Waals surface area contributed by atoms with Crippen molar-refractivity contribution in [1.29, 1.82) is 0 Å². The Morgan fingerprint density at radius 3 is 2.85 bits per heavy atom. The molecule has 0 saturated heterocycles. The van der Waals surface area contributed by atoms with E-state index in [-0.39, 0.29) is 5.83 Å². The number of rotatable bonds is 3. The summed E-state index contributed by atoms with van der Waals surface area (Å²) in [4.78, 5) is 2.12. The fraction of sp³-hybridized carbons (Fsp3) is 0.0909. The number of aryl methyl sites for hydroxylation is 1. The largest absolute Gasteiger partial charge is 0.207 e. The van der Waals surface area contributed by atoms with E-state index in [1.165, 1.54) is 17.0 Å². The van der Waals surface area contributed by atoms with Gasteiger partial charge in [0.1, 0.15) is 5.83 Å². The molecule has 0 bridgehead atoms. The molecule has 0 fully saturated rings. The summed E-state index contributed by atoms with van der Waals surface area (Å²) in [6.07, 6.45) is 6.03. The maximum absolute atomic E-state index is 13.0. The standard InChI is InChI=1S/C11H11FS/c1-3-4-5-10(12)8-11-7-6-9(2)13-11/h3-8H,1H2,2H3/b5-4-,10-8-. The predicted molar refractivity (Wildman–Crippen MR) is 57.5 cm³/mol. The molecule has 0 aliphatic carbocycles. The number of hydrogen-bond donors (Lipinski definition) is 0. The van der Waals surface area contributed by atoms with E-state index in [1.807, 2.05) is 19.1 Å². The first kappa shape index (κ1) is 9.93. The highest BCUT2D eigenvalue weighted by molar-refractivity contribution is 7.12. The predicted octanol–water partition coefficient (Wildman–Crippen LogP) is 4.11. The molecule has 68 valence electrons. The van der Waals surface area contributed by atoms with Crippen LogP contribution in [0.25, 0.3) is 6.08 Å². The van der Waals surface area contributed by atoms with Crippen LogP contribution in [0.5, 0.6) is 0 Å². The molecule has 13 heavy (non-hydrogen) atoms. The summed E-state index contributed by atoms with van der Waals surface area (Å²) in [5.74, 6) is -0.248. The van der Waals surface area contributed by atoms with Crippen molar-refractivity contribution in [2.24, 2.45) is 0 Å². The van der Waals surface area contributed by atoms with E-state index < -0.39 is 0 Å². The number of hydrogen-bond acceptors (Lipinski definition) is 1. The van der Waals surface area contributed by atoms with Crippen LogP contribution in [0.3, 0.4) is 0 Å². The second kappa shape index (κ2) is 4.77. The highest BCUT2D eigenvalue weighted by Gasteiger charge is 1.93. The van der Waals surface area contributed by atoms with Crippen molar-refractivity contribution in [3.8, 4) is 0 Å². The van der Waals surface area contributed by atoms with E-state index in [2.05, 4.69) is 6.58 Å². The van der Waals surface area contributed by atoms with Gasteiger partial charge < -0.3 is 0 Å². The summed E-state index contributed by atoms with van der Waals surface area (Å²) in [6, 6.07) is 3.88. The average molecular weight is 194 g/mol. The molecule has 0 unspecified atom stereocenters. The Morgan fingerprint density at radius 1 is 1.54 bits per heavy atom. The summed E-state index contributed by atoms with van der Waals surface area (Å²) < 4.78 is 13.0. The molecule has 1 aromatic heterocycles. The van der Waals surface area contributed by atoms with Gasteiger partial charge in [-0.1, -0.05) is 18.7 Å². The fourth-order valence-corrected chi connectivity index (χ4v) is 1.69. The number of allylic oxidation sites excluding steroid dienone is 4. The SMILES string of the molecule is C=C/C=C\C(F)=C\c1ccc(C)s1. The van der Waals surface area contributed by atoms with Gasteiger partial charge >= 0.3 is 0 Å². The topological polar surface area (TPSA) is 0 Å². The molecular formula is C11H11FS. The zero-order chi connectivity index (χ0) is 9.68. The van der Waals surface area contributed by atoms with Crippen molar-refractivity contribution in [2.75, 3.05) is 0 Å². The summed E-state index contributed by atoms with van der Waals surface area (Å²) in [7, 11) is 0. The van der Waals surface area contributed by atoms with Gasteiger partial charge in [-0.05, 0) is 31.2 Å². The lowest BCUT2D eigenvalue weighted by Crippen LogP contribution is -1.63. The molecule has 1 heterocycles. The van der Waals surface area contributed by atoms with Gasteiger partial charge in [-0.15, -0.1) is 11.3 Å². The molecule has 0 N–H and O–H groups in total. The molecule has 0 spiro atoms. The zero-order valence-corrected chi connectivity index (χ0v) is 8.27. The van der Waals surface area contributed by atoms with Crippen molar-refractivity contribution in [3.05, 3.63) is 52.5 Å². The molecule has 0 aliphatic heterocycles. The lowest BCUT2D eigenvalue weighted by atomic mass is 10.3. The fourth-order valence-electron chi connectivity index (χ4n) is 0.875. The van der Waals surface area contributed by atoms with Gasteiger partial charge in [0.2, 0.25) is 0 Å². The molecule has 0 atom stereocenters. The van der Waals surface area contributed by atoms with Crippen LogP contribution >= 0.6 is 11.3 Å². The Labute approximate surface area is 81.7 Å². The van der Waals surface area contributed by atoms with E-state index in [0.717, 1.165) is 4.88 Å². The molecule has 1 rings (SSSR count). The first-order valence-corrected chi connectivity index (χ1v) is 4.77. The second-order valence-corrected chi connectivity index (χ2v) is 3.89. The Morgan fingerprint density at radius 2 is 2.31 bits per heavy atom. The summed E-state index contributed by atoms with van der Waals surface area (Å²) in [5, 5.41) is 0. The molecule has 0 aliphatic rings. The molecule has 0 saturated carbocycles. The smallest absolute Gasteiger partial charge is 0.124 e. The summed E-state index contributed by atoms with van der Waals surface area (Å²) in [6.45, 7) is 5.47. The van der Waals surface area contributed by atoms with Crippen LogP contribution in [0.4, 0.5) is 4.39 Å². The molecule has 1 aromatic rings. The molecule has 0 nitrogen and oxygen atoms in total. The van der Waals surface area contributed by atoms with Crippen LogP contribution in [0, 0.1) is 6.92 Å². The third kappa shape index (κ3) is 3.38. The molecule has 0 amide bonds.